The molecule has 0 saturated carbocycles. The molecule has 0 bridgehead atoms. The Balaban J connectivity index is 1.15. The Morgan fingerprint density at radius 3 is 1.19 bits per heavy atom. The highest BCUT2D eigenvalue weighted by Gasteiger charge is 2.29. The van der Waals surface area contributed by atoms with Gasteiger partial charge in [0, 0.05) is 31.0 Å². The van der Waals surface area contributed by atoms with Crippen molar-refractivity contribution in [3.8, 4) is 33.4 Å². The molecule has 0 N–H and O–H groups in total. The summed E-state index contributed by atoms with van der Waals surface area (Å²) in [6.45, 7) is 0. The molecule has 0 saturated heterocycles. The molecule has 4 heteroatoms. The highest BCUT2D eigenvalue weighted by molar-refractivity contribution is 8.00. The molecular weight excluding hydrogens is 861 g/mol. The van der Waals surface area contributed by atoms with Crippen LogP contribution in [0.4, 0.5) is 34.1 Å². The molecule has 2 heterocycles. The molecule has 0 radical (unpaired) electrons. The van der Waals surface area contributed by atoms with Crippen LogP contribution < -0.4 is 9.80 Å². The van der Waals surface area contributed by atoms with E-state index in [1.807, 2.05) is 23.5 Å². The Labute approximate surface area is 403 Å². The van der Waals surface area contributed by atoms with Crippen LogP contribution in [-0.2, 0) is 0 Å². The van der Waals surface area contributed by atoms with Crippen LogP contribution in [0.1, 0.15) is 0 Å². The number of nitrogens with zero attached hydrogens (tertiary/aromatic N) is 2. The SMILES string of the molecule is c1ccc(-c2cc3ccccc3cc2-c2c3cc(N4c5ccccc5Sc5ccccc54)ccc3c(-c3cccc4ccccc34)c3cc(N4c5ccccc5Sc5ccccc54)ccc23)cc1. The fraction of sp³-hybridized carbons (Fsp3) is 0. The predicted molar refractivity (Wildman–Crippen MR) is 290 cm³/mol. The lowest BCUT2D eigenvalue weighted by Crippen LogP contribution is -2.15. The summed E-state index contributed by atoms with van der Waals surface area (Å²) in [6.07, 6.45) is 0. The molecule has 68 heavy (non-hydrogen) atoms. The van der Waals surface area contributed by atoms with E-state index < -0.39 is 0 Å². The highest BCUT2D eigenvalue weighted by atomic mass is 32.2. The second-order valence-electron chi connectivity index (χ2n) is 17.6. The monoisotopic (exact) mass is 900 g/mol. The van der Waals surface area contributed by atoms with Crippen molar-refractivity contribution in [2.75, 3.05) is 9.80 Å². The molecular formula is C64H40N2S2. The first-order chi connectivity index (χ1) is 33.7. The van der Waals surface area contributed by atoms with E-state index in [9.17, 15) is 0 Å². The van der Waals surface area contributed by atoms with Crippen molar-refractivity contribution in [2.24, 2.45) is 0 Å². The molecule has 0 atom stereocenters. The minimum absolute atomic E-state index is 1.12. The minimum Gasteiger partial charge on any atom is -0.308 e. The quantitative estimate of drug-likeness (QED) is 0.159. The topological polar surface area (TPSA) is 6.48 Å². The van der Waals surface area contributed by atoms with Crippen LogP contribution in [0, 0.1) is 0 Å². The molecule has 0 aromatic heterocycles. The molecule has 2 aliphatic rings. The van der Waals surface area contributed by atoms with Gasteiger partial charge in [-0.2, -0.15) is 0 Å². The first-order valence-corrected chi connectivity index (χ1v) is 24.8. The zero-order valence-corrected chi connectivity index (χ0v) is 38.4. The van der Waals surface area contributed by atoms with Crippen LogP contribution in [0.25, 0.3) is 76.5 Å². The lowest BCUT2D eigenvalue weighted by atomic mass is 9.82. The molecule has 14 rings (SSSR count). The number of anilines is 6. The Kier molecular flexibility index (Phi) is 9.11. The summed E-state index contributed by atoms with van der Waals surface area (Å²) in [5.41, 5.74) is 14.3. The third kappa shape index (κ3) is 6.22. The lowest BCUT2D eigenvalue weighted by molar-refractivity contribution is 1.17. The van der Waals surface area contributed by atoms with E-state index in [1.54, 1.807) is 0 Å². The number of fused-ring (bicyclic) bond motifs is 8. The third-order valence-electron chi connectivity index (χ3n) is 13.8. The minimum atomic E-state index is 1.12. The van der Waals surface area contributed by atoms with Crippen LogP contribution in [0.2, 0.25) is 0 Å². The maximum atomic E-state index is 2.48. The molecule has 0 spiro atoms. The Bertz CT molecular complexity index is 3910. The van der Waals surface area contributed by atoms with Gasteiger partial charge in [-0.3, -0.25) is 0 Å². The van der Waals surface area contributed by atoms with Crippen molar-refractivity contribution >= 4 is 101 Å². The van der Waals surface area contributed by atoms with Gasteiger partial charge in [0.25, 0.3) is 0 Å². The molecule has 0 aliphatic carbocycles. The maximum Gasteiger partial charge on any atom is 0.0601 e. The van der Waals surface area contributed by atoms with Gasteiger partial charge in [-0.1, -0.05) is 181 Å². The van der Waals surface area contributed by atoms with Crippen molar-refractivity contribution in [2.45, 2.75) is 19.6 Å². The van der Waals surface area contributed by atoms with Crippen LogP contribution in [0.15, 0.2) is 262 Å². The van der Waals surface area contributed by atoms with Gasteiger partial charge in [0.1, 0.15) is 0 Å². The molecule has 318 valence electrons. The van der Waals surface area contributed by atoms with Gasteiger partial charge >= 0.3 is 0 Å². The summed E-state index contributed by atoms with van der Waals surface area (Å²) in [6, 6.07) is 90.1. The standard InChI is InChI=1S/C64H40N2S2/c1-2-17-42(18-3-1)51-37-43-20-4-5-21-44(43)38-52(51)64-50-36-34-45(65-55-25-8-12-29-59(55)67-60-30-13-9-26-56(60)65)39-53(50)63(48-24-16-22-41-19-6-7-23-47(41)48)49-35-33-46(40-54(49)64)66-57-27-10-14-31-61(57)68-62-32-15-11-28-58(62)66/h1-40H. The van der Waals surface area contributed by atoms with Crippen LogP contribution in [-0.4, -0.2) is 0 Å². The van der Waals surface area contributed by atoms with Crippen molar-refractivity contribution in [3.05, 3.63) is 243 Å². The summed E-state index contributed by atoms with van der Waals surface area (Å²) in [5.74, 6) is 0. The van der Waals surface area contributed by atoms with Crippen LogP contribution in [0.5, 0.6) is 0 Å². The molecule has 0 amide bonds. The Hall–Kier alpha value is -8.02. The summed E-state index contributed by atoms with van der Waals surface area (Å²) in [5, 5.41) is 9.71. The van der Waals surface area contributed by atoms with Crippen LogP contribution >= 0.6 is 23.5 Å². The number of benzene rings is 12. The number of hydrogen-bond acceptors (Lipinski definition) is 4. The molecule has 12 aromatic rings. The van der Waals surface area contributed by atoms with Gasteiger partial charge in [0.05, 0.1) is 22.7 Å². The van der Waals surface area contributed by atoms with Gasteiger partial charge in [-0.05, 0) is 161 Å². The summed E-state index contributed by atoms with van der Waals surface area (Å²) in [7, 11) is 0. The van der Waals surface area contributed by atoms with Gasteiger partial charge in [-0.15, -0.1) is 0 Å². The van der Waals surface area contributed by atoms with E-state index >= 15 is 0 Å². The number of rotatable bonds is 5. The largest absolute Gasteiger partial charge is 0.308 e. The van der Waals surface area contributed by atoms with Crippen molar-refractivity contribution in [1.29, 1.82) is 0 Å². The predicted octanol–water partition coefficient (Wildman–Crippen LogP) is 19.2. The highest BCUT2D eigenvalue weighted by Crippen LogP contribution is 2.56. The molecule has 2 aliphatic heterocycles. The van der Waals surface area contributed by atoms with E-state index in [4.69, 9.17) is 0 Å². The van der Waals surface area contributed by atoms with Crippen molar-refractivity contribution < 1.29 is 0 Å². The molecule has 0 fully saturated rings. The van der Waals surface area contributed by atoms with Gasteiger partial charge in [0.2, 0.25) is 0 Å². The maximum absolute atomic E-state index is 2.48. The fourth-order valence-corrected chi connectivity index (χ4v) is 12.9. The zero-order valence-electron chi connectivity index (χ0n) is 36.8. The molecule has 0 unspecified atom stereocenters. The van der Waals surface area contributed by atoms with E-state index in [0.717, 1.165) is 11.4 Å². The van der Waals surface area contributed by atoms with Crippen molar-refractivity contribution in [3.63, 3.8) is 0 Å². The second kappa shape index (κ2) is 15.8. The Morgan fingerprint density at radius 2 is 0.662 bits per heavy atom. The summed E-state index contributed by atoms with van der Waals surface area (Å²) in [4.78, 5) is 9.92. The number of para-hydroxylation sites is 4. The van der Waals surface area contributed by atoms with Crippen molar-refractivity contribution in [1.82, 2.24) is 0 Å². The first kappa shape index (κ1) is 39.2. The van der Waals surface area contributed by atoms with Gasteiger partial charge < -0.3 is 9.80 Å². The normalized spacial score (nSPS) is 12.8. The number of hydrogen-bond donors (Lipinski definition) is 0. The van der Waals surface area contributed by atoms with E-state index in [0.29, 0.717) is 0 Å². The average Bonchev–Trinajstić information content (AvgIpc) is 3.40. The zero-order chi connectivity index (χ0) is 44.7. The Morgan fingerprint density at radius 1 is 0.250 bits per heavy atom. The molecule has 2 nitrogen and oxygen atoms in total. The first-order valence-electron chi connectivity index (χ1n) is 23.2. The van der Waals surface area contributed by atoms with Gasteiger partial charge in [0.15, 0.2) is 0 Å². The van der Waals surface area contributed by atoms with Gasteiger partial charge in [-0.25, -0.2) is 0 Å². The third-order valence-corrected chi connectivity index (χ3v) is 16.0. The molecule has 12 aromatic carbocycles. The second-order valence-corrected chi connectivity index (χ2v) is 19.8. The van der Waals surface area contributed by atoms with Crippen LogP contribution in [0.3, 0.4) is 0 Å². The smallest absolute Gasteiger partial charge is 0.0601 e. The average molecular weight is 901 g/mol. The van der Waals surface area contributed by atoms with E-state index in [1.165, 1.54) is 119 Å². The van der Waals surface area contributed by atoms with E-state index in [2.05, 4.69) is 252 Å². The fourth-order valence-electron chi connectivity index (χ4n) is 10.8. The van der Waals surface area contributed by atoms with E-state index in [-0.39, 0.29) is 0 Å². The lowest BCUT2D eigenvalue weighted by Gasteiger charge is -2.34. The summed E-state index contributed by atoms with van der Waals surface area (Å²) < 4.78 is 0. The summed E-state index contributed by atoms with van der Waals surface area (Å²) >= 11 is 3.69.